The highest BCUT2D eigenvalue weighted by Gasteiger charge is 2.26. The number of fused-ring (bicyclic) bond motifs is 1. The Morgan fingerprint density at radius 2 is 2.08 bits per heavy atom. The minimum absolute atomic E-state index is 0.144. The molecular formula is C19H28N4O. The zero-order chi connectivity index (χ0) is 16.9. The van der Waals surface area contributed by atoms with Crippen molar-refractivity contribution in [3.05, 3.63) is 30.5 Å². The molecule has 2 aromatic rings. The van der Waals surface area contributed by atoms with Crippen LogP contribution in [0.4, 0.5) is 0 Å². The molecule has 0 saturated heterocycles. The van der Waals surface area contributed by atoms with Crippen molar-refractivity contribution in [2.45, 2.75) is 44.7 Å². The van der Waals surface area contributed by atoms with Crippen LogP contribution in [0.25, 0.3) is 10.9 Å². The maximum absolute atomic E-state index is 12.4. The van der Waals surface area contributed by atoms with E-state index in [1.54, 1.807) is 0 Å². The number of aromatic nitrogens is 2. The molecule has 1 aromatic carbocycles. The van der Waals surface area contributed by atoms with Gasteiger partial charge in [0.05, 0.1) is 18.3 Å². The maximum Gasteiger partial charge on any atom is 0.222 e. The first kappa shape index (κ1) is 17.0. The zero-order valence-corrected chi connectivity index (χ0v) is 14.7. The number of nitrogens with zero attached hydrogens (tertiary/aromatic N) is 3. The van der Waals surface area contributed by atoms with Crippen molar-refractivity contribution in [1.29, 1.82) is 0 Å². The number of aryl methyl sites for hydroxylation is 1. The molecule has 3 rings (SSSR count). The van der Waals surface area contributed by atoms with Gasteiger partial charge in [0, 0.05) is 24.4 Å². The summed E-state index contributed by atoms with van der Waals surface area (Å²) in [5, 5.41) is 8.80. The van der Waals surface area contributed by atoms with Crippen LogP contribution in [0.2, 0.25) is 0 Å². The molecule has 1 amide bonds. The Balaban J connectivity index is 1.55. The number of nitrogens with one attached hydrogen (secondary N) is 1. The smallest absolute Gasteiger partial charge is 0.222 e. The zero-order valence-electron chi connectivity index (χ0n) is 14.7. The number of carbonyl (C=O) groups excluding carboxylic acids is 1. The number of benzene rings is 1. The van der Waals surface area contributed by atoms with Crippen molar-refractivity contribution in [3.63, 3.8) is 0 Å². The summed E-state index contributed by atoms with van der Waals surface area (Å²) in [5.74, 6) is 0.716. The van der Waals surface area contributed by atoms with Crippen LogP contribution in [0.15, 0.2) is 30.5 Å². The highest BCUT2D eigenvalue weighted by atomic mass is 16.1. The molecule has 0 bridgehead atoms. The van der Waals surface area contributed by atoms with E-state index in [0.717, 1.165) is 23.9 Å². The van der Waals surface area contributed by atoms with Crippen molar-refractivity contribution in [2.24, 2.45) is 5.92 Å². The first-order chi connectivity index (χ1) is 11.6. The standard InChI is InChI=1S/C19H28N4O/c1-22(2)14-16-8-3-5-9-17(16)21-19(24)11-12-23-18-10-6-4-7-15(18)13-20-23/h4,6-7,10,13,16-17H,3,5,8-9,11-12,14H2,1-2H3,(H,21,24). The van der Waals surface area contributed by atoms with E-state index in [-0.39, 0.29) is 5.91 Å². The van der Waals surface area contributed by atoms with Crippen LogP contribution in [-0.4, -0.2) is 47.3 Å². The van der Waals surface area contributed by atoms with Gasteiger partial charge in [-0.1, -0.05) is 31.0 Å². The molecule has 1 fully saturated rings. The summed E-state index contributed by atoms with van der Waals surface area (Å²) in [5.41, 5.74) is 1.09. The largest absolute Gasteiger partial charge is 0.353 e. The topological polar surface area (TPSA) is 50.2 Å². The fourth-order valence-corrected chi connectivity index (χ4v) is 3.78. The summed E-state index contributed by atoms with van der Waals surface area (Å²) in [7, 11) is 4.21. The van der Waals surface area contributed by atoms with Crippen LogP contribution in [0, 0.1) is 5.92 Å². The van der Waals surface area contributed by atoms with Crippen LogP contribution in [-0.2, 0) is 11.3 Å². The van der Waals surface area contributed by atoms with Gasteiger partial charge in [-0.15, -0.1) is 0 Å². The van der Waals surface area contributed by atoms with Gasteiger partial charge in [-0.25, -0.2) is 0 Å². The van der Waals surface area contributed by atoms with Crippen LogP contribution in [0.1, 0.15) is 32.1 Å². The molecule has 0 aliphatic heterocycles. The average molecular weight is 328 g/mol. The Morgan fingerprint density at radius 1 is 1.29 bits per heavy atom. The maximum atomic E-state index is 12.4. The molecule has 1 saturated carbocycles. The molecule has 1 aliphatic carbocycles. The number of para-hydroxylation sites is 1. The average Bonchev–Trinajstić information content (AvgIpc) is 2.98. The van der Waals surface area contributed by atoms with E-state index < -0.39 is 0 Å². The van der Waals surface area contributed by atoms with Gasteiger partial charge in [-0.2, -0.15) is 5.10 Å². The summed E-state index contributed by atoms with van der Waals surface area (Å²) in [6.07, 6.45) is 7.17. The van der Waals surface area contributed by atoms with E-state index in [2.05, 4.69) is 35.5 Å². The van der Waals surface area contributed by atoms with E-state index >= 15 is 0 Å². The minimum Gasteiger partial charge on any atom is -0.353 e. The predicted molar refractivity (Wildman–Crippen MR) is 96.8 cm³/mol. The van der Waals surface area contributed by atoms with Gasteiger partial charge in [0.25, 0.3) is 0 Å². The molecule has 0 spiro atoms. The normalized spacial score (nSPS) is 21.3. The van der Waals surface area contributed by atoms with Gasteiger partial charge < -0.3 is 10.2 Å². The van der Waals surface area contributed by atoms with Crippen molar-refractivity contribution in [2.75, 3.05) is 20.6 Å². The lowest BCUT2D eigenvalue weighted by atomic mass is 9.84. The van der Waals surface area contributed by atoms with Gasteiger partial charge in [0.2, 0.25) is 5.91 Å². The lowest BCUT2D eigenvalue weighted by Crippen LogP contribution is -2.45. The van der Waals surface area contributed by atoms with Gasteiger partial charge in [-0.3, -0.25) is 9.48 Å². The molecule has 1 aliphatic rings. The minimum atomic E-state index is 0.144. The molecule has 1 N–H and O–H groups in total. The SMILES string of the molecule is CN(C)CC1CCCCC1NC(=O)CCn1ncc2ccccc21. The number of amides is 1. The number of hydrogen-bond acceptors (Lipinski definition) is 3. The summed E-state index contributed by atoms with van der Waals surface area (Å²) in [6, 6.07) is 8.44. The van der Waals surface area contributed by atoms with Crippen LogP contribution in [0.3, 0.4) is 0 Å². The second kappa shape index (κ2) is 7.79. The summed E-state index contributed by atoms with van der Waals surface area (Å²) in [4.78, 5) is 14.6. The third-order valence-electron chi connectivity index (χ3n) is 4.96. The Hall–Kier alpha value is -1.88. The fraction of sp³-hybridized carbons (Fsp3) is 0.579. The second-order valence-corrected chi connectivity index (χ2v) is 7.16. The first-order valence-corrected chi connectivity index (χ1v) is 8.98. The Morgan fingerprint density at radius 3 is 2.92 bits per heavy atom. The van der Waals surface area contributed by atoms with Crippen molar-refractivity contribution >= 4 is 16.8 Å². The predicted octanol–water partition coefficient (Wildman–Crippen LogP) is 2.66. The summed E-state index contributed by atoms with van der Waals surface area (Å²) < 4.78 is 1.92. The summed E-state index contributed by atoms with van der Waals surface area (Å²) in [6.45, 7) is 1.68. The molecule has 2 unspecified atom stereocenters. The molecule has 1 aromatic heterocycles. The Kier molecular flexibility index (Phi) is 5.51. The van der Waals surface area contributed by atoms with Gasteiger partial charge in [0.1, 0.15) is 0 Å². The van der Waals surface area contributed by atoms with Crippen molar-refractivity contribution < 1.29 is 4.79 Å². The molecule has 5 nitrogen and oxygen atoms in total. The molecule has 130 valence electrons. The van der Waals surface area contributed by atoms with E-state index in [1.807, 2.05) is 29.1 Å². The molecule has 0 radical (unpaired) electrons. The van der Waals surface area contributed by atoms with Crippen LogP contribution < -0.4 is 5.32 Å². The number of hydrogen-bond donors (Lipinski definition) is 1. The van der Waals surface area contributed by atoms with Crippen LogP contribution in [0.5, 0.6) is 0 Å². The number of rotatable bonds is 6. The van der Waals surface area contributed by atoms with E-state index in [4.69, 9.17) is 0 Å². The Bertz CT molecular complexity index is 679. The second-order valence-electron chi connectivity index (χ2n) is 7.16. The third kappa shape index (κ3) is 4.15. The number of carbonyl (C=O) groups is 1. The summed E-state index contributed by atoms with van der Waals surface area (Å²) >= 11 is 0. The van der Waals surface area contributed by atoms with E-state index in [1.165, 1.54) is 19.3 Å². The highest BCUT2D eigenvalue weighted by molar-refractivity contribution is 5.79. The van der Waals surface area contributed by atoms with Gasteiger partial charge in [0.15, 0.2) is 0 Å². The molecule has 2 atom stereocenters. The molecule has 5 heteroatoms. The molecular weight excluding hydrogens is 300 g/mol. The Labute approximate surface area is 144 Å². The van der Waals surface area contributed by atoms with Gasteiger partial charge in [-0.05, 0) is 38.9 Å². The molecule has 24 heavy (non-hydrogen) atoms. The van der Waals surface area contributed by atoms with E-state index in [9.17, 15) is 4.79 Å². The van der Waals surface area contributed by atoms with Gasteiger partial charge >= 0.3 is 0 Å². The highest BCUT2D eigenvalue weighted by Crippen LogP contribution is 2.25. The monoisotopic (exact) mass is 328 g/mol. The lowest BCUT2D eigenvalue weighted by molar-refractivity contribution is -0.122. The van der Waals surface area contributed by atoms with E-state index in [0.29, 0.717) is 24.9 Å². The first-order valence-electron chi connectivity index (χ1n) is 8.98. The third-order valence-corrected chi connectivity index (χ3v) is 4.96. The molecule has 1 heterocycles. The van der Waals surface area contributed by atoms with Crippen molar-refractivity contribution in [1.82, 2.24) is 20.0 Å². The quantitative estimate of drug-likeness (QED) is 0.887. The van der Waals surface area contributed by atoms with Crippen LogP contribution >= 0.6 is 0 Å². The lowest BCUT2D eigenvalue weighted by Gasteiger charge is -2.34. The fourth-order valence-electron chi connectivity index (χ4n) is 3.78. The van der Waals surface area contributed by atoms with Crippen molar-refractivity contribution in [3.8, 4) is 0 Å².